The molecule has 1 aromatic heterocycles. The molecule has 0 fully saturated rings. The minimum atomic E-state index is -3.71. The maximum atomic E-state index is 11.6. The van der Waals surface area contributed by atoms with E-state index >= 15 is 0 Å². The third-order valence-corrected chi connectivity index (χ3v) is 6.00. The third-order valence-electron chi connectivity index (χ3n) is 4.59. The lowest BCUT2D eigenvalue weighted by molar-refractivity contribution is 0.374. The van der Waals surface area contributed by atoms with Gasteiger partial charge in [0.25, 0.3) is 0 Å². The molecule has 0 saturated carbocycles. The Balaban J connectivity index is 1.60. The molecule has 0 bridgehead atoms. The molecule has 1 atom stereocenters. The van der Waals surface area contributed by atoms with E-state index < -0.39 is 10.0 Å². The van der Waals surface area contributed by atoms with E-state index in [1.807, 2.05) is 24.3 Å². The fourth-order valence-corrected chi connectivity index (χ4v) is 4.26. The van der Waals surface area contributed by atoms with Crippen molar-refractivity contribution in [1.29, 1.82) is 0 Å². The monoisotopic (exact) mass is 448 g/mol. The van der Waals surface area contributed by atoms with Gasteiger partial charge < -0.3 is 9.42 Å². The minimum absolute atomic E-state index is 0.130. The maximum absolute atomic E-state index is 11.6. The summed E-state index contributed by atoms with van der Waals surface area (Å²) >= 11 is 3.44. The molecule has 27 heavy (non-hydrogen) atoms. The van der Waals surface area contributed by atoms with E-state index in [1.54, 1.807) is 12.1 Å². The first-order valence-corrected chi connectivity index (χ1v) is 10.7. The van der Waals surface area contributed by atoms with Gasteiger partial charge in [-0.15, -0.1) is 0 Å². The molecule has 0 saturated heterocycles. The van der Waals surface area contributed by atoms with Crippen LogP contribution in [0.25, 0.3) is 11.4 Å². The molecule has 2 N–H and O–H groups in total. The Morgan fingerprint density at radius 1 is 1.30 bits per heavy atom. The first-order valence-electron chi connectivity index (χ1n) is 8.32. The number of benzene rings is 2. The Labute approximate surface area is 165 Å². The summed E-state index contributed by atoms with van der Waals surface area (Å²) in [6.07, 6.45) is 0.727. The number of rotatable bonds is 4. The normalized spacial score (nSPS) is 16.6. The lowest BCUT2D eigenvalue weighted by Gasteiger charge is -2.22. The Morgan fingerprint density at radius 2 is 2.11 bits per heavy atom. The molecule has 4 rings (SSSR count). The van der Waals surface area contributed by atoms with Crippen LogP contribution in [0.3, 0.4) is 0 Å². The zero-order valence-corrected chi connectivity index (χ0v) is 16.9. The van der Waals surface area contributed by atoms with Crippen molar-refractivity contribution in [3.63, 3.8) is 0 Å². The second-order valence-corrected chi connectivity index (χ2v) is 9.02. The summed E-state index contributed by atoms with van der Waals surface area (Å²) in [5, 5.41) is 9.30. The van der Waals surface area contributed by atoms with Crippen molar-refractivity contribution in [2.24, 2.45) is 5.14 Å². The molecule has 1 aliphatic heterocycles. The van der Waals surface area contributed by atoms with Crippen LogP contribution in [-0.2, 0) is 23.0 Å². The van der Waals surface area contributed by atoms with Crippen LogP contribution < -0.4 is 10.0 Å². The largest absolute Gasteiger partial charge is 0.359 e. The Hall–Kier alpha value is -2.23. The maximum Gasteiger partial charge on any atom is 0.246 e. The molecule has 0 spiro atoms. The molecule has 3 aromatic rings. The van der Waals surface area contributed by atoms with Crippen LogP contribution in [0.1, 0.15) is 18.4 Å². The smallest absolute Gasteiger partial charge is 0.246 e. The van der Waals surface area contributed by atoms with Crippen molar-refractivity contribution in [2.75, 3.05) is 4.90 Å². The van der Waals surface area contributed by atoms with Crippen molar-refractivity contribution in [2.45, 2.75) is 30.8 Å². The summed E-state index contributed by atoms with van der Waals surface area (Å²) in [6, 6.07) is 12.8. The van der Waals surface area contributed by atoms with Crippen molar-refractivity contribution in [3.8, 4) is 11.4 Å². The summed E-state index contributed by atoms with van der Waals surface area (Å²) in [5.74, 6) is 1.03. The van der Waals surface area contributed by atoms with Crippen LogP contribution in [0.15, 0.2) is 56.4 Å². The highest BCUT2D eigenvalue weighted by Gasteiger charge is 2.28. The number of sulfonamides is 1. The molecule has 0 radical (unpaired) electrons. The number of hydrogen-bond donors (Lipinski definition) is 1. The summed E-state index contributed by atoms with van der Waals surface area (Å²) < 4.78 is 29.5. The summed E-state index contributed by atoms with van der Waals surface area (Å²) in [6.45, 7) is 2.52. The van der Waals surface area contributed by atoms with Gasteiger partial charge in [-0.1, -0.05) is 33.2 Å². The SMILES string of the molecule is CC1Cc2cc(S(N)(=O)=O)ccc2N1Cc1nc(-c2cccc(Br)c2)no1. The molecular formula is C18H17BrN4O3S. The predicted molar refractivity (Wildman–Crippen MR) is 105 cm³/mol. The van der Waals surface area contributed by atoms with E-state index in [1.165, 1.54) is 6.07 Å². The number of nitrogens with two attached hydrogens (primary N) is 1. The lowest BCUT2D eigenvalue weighted by Crippen LogP contribution is -2.28. The molecule has 7 nitrogen and oxygen atoms in total. The van der Waals surface area contributed by atoms with Gasteiger partial charge >= 0.3 is 0 Å². The van der Waals surface area contributed by atoms with Crippen LogP contribution in [0.5, 0.6) is 0 Å². The van der Waals surface area contributed by atoms with Gasteiger partial charge in [-0.25, -0.2) is 13.6 Å². The van der Waals surface area contributed by atoms with Crippen molar-refractivity contribution < 1.29 is 12.9 Å². The standard InChI is InChI=1S/C18H17BrN4O3S/c1-11-7-13-9-15(27(20,24)25)5-6-16(13)23(11)10-17-21-18(22-26-17)12-3-2-4-14(19)8-12/h2-6,8-9,11H,7,10H2,1H3,(H2,20,24,25). The van der Waals surface area contributed by atoms with Gasteiger partial charge in [0, 0.05) is 21.8 Å². The van der Waals surface area contributed by atoms with Crippen molar-refractivity contribution in [1.82, 2.24) is 10.1 Å². The highest BCUT2D eigenvalue weighted by atomic mass is 79.9. The Morgan fingerprint density at radius 3 is 2.85 bits per heavy atom. The molecule has 140 valence electrons. The highest BCUT2D eigenvalue weighted by Crippen LogP contribution is 2.34. The number of primary sulfonamides is 1. The quantitative estimate of drug-likeness (QED) is 0.657. The summed E-state index contributed by atoms with van der Waals surface area (Å²) in [7, 11) is -3.71. The van der Waals surface area contributed by atoms with Gasteiger partial charge in [0.1, 0.15) is 0 Å². The molecule has 2 aromatic carbocycles. The van der Waals surface area contributed by atoms with Gasteiger partial charge in [0.05, 0.1) is 11.4 Å². The number of nitrogens with zero attached hydrogens (tertiary/aromatic N) is 3. The zero-order chi connectivity index (χ0) is 19.2. The molecule has 1 unspecified atom stereocenters. The van der Waals surface area contributed by atoms with Crippen molar-refractivity contribution in [3.05, 3.63) is 58.4 Å². The lowest BCUT2D eigenvalue weighted by atomic mass is 10.1. The molecule has 9 heteroatoms. The van der Waals surface area contributed by atoms with Gasteiger partial charge in [-0.05, 0) is 49.2 Å². The Kier molecular flexibility index (Phi) is 4.53. The fourth-order valence-electron chi connectivity index (χ4n) is 3.30. The topological polar surface area (TPSA) is 102 Å². The second-order valence-electron chi connectivity index (χ2n) is 6.54. The average Bonchev–Trinajstić information content (AvgIpc) is 3.19. The highest BCUT2D eigenvalue weighted by molar-refractivity contribution is 9.10. The van der Waals surface area contributed by atoms with Crippen LogP contribution in [-0.4, -0.2) is 24.6 Å². The van der Waals surface area contributed by atoms with E-state index in [-0.39, 0.29) is 10.9 Å². The van der Waals surface area contributed by atoms with Gasteiger partial charge in [-0.2, -0.15) is 4.98 Å². The van der Waals surface area contributed by atoms with E-state index in [2.05, 4.69) is 37.9 Å². The third kappa shape index (κ3) is 3.62. The molecule has 0 amide bonds. The number of fused-ring (bicyclic) bond motifs is 1. The minimum Gasteiger partial charge on any atom is -0.359 e. The van der Waals surface area contributed by atoms with Crippen LogP contribution in [0, 0.1) is 0 Å². The molecule has 2 heterocycles. The summed E-state index contributed by atoms with van der Waals surface area (Å²) in [4.78, 5) is 6.75. The van der Waals surface area contributed by atoms with Gasteiger partial charge in [-0.3, -0.25) is 0 Å². The zero-order valence-electron chi connectivity index (χ0n) is 14.5. The molecule has 0 aliphatic carbocycles. The number of halogens is 1. The van der Waals surface area contributed by atoms with E-state index in [9.17, 15) is 8.42 Å². The van der Waals surface area contributed by atoms with Gasteiger partial charge in [0.15, 0.2) is 0 Å². The Bertz CT molecular complexity index is 1110. The molecular weight excluding hydrogens is 432 g/mol. The molecule has 1 aliphatic rings. The number of aromatic nitrogens is 2. The number of anilines is 1. The summed E-state index contributed by atoms with van der Waals surface area (Å²) in [5.41, 5.74) is 2.77. The van der Waals surface area contributed by atoms with E-state index in [0.717, 1.165) is 27.7 Å². The first-order chi connectivity index (χ1) is 12.8. The van der Waals surface area contributed by atoms with Crippen LogP contribution in [0.4, 0.5) is 5.69 Å². The van der Waals surface area contributed by atoms with Crippen LogP contribution in [0.2, 0.25) is 0 Å². The number of hydrogen-bond acceptors (Lipinski definition) is 6. The van der Waals surface area contributed by atoms with Crippen molar-refractivity contribution >= 4 is 31.6 Å². The average molecular weight is 449 g/mol. The van der Waals surface area contributed by atoms with Crippen LogP contribution >= 0.6 is 15.9 Å². The fraction of sp³-hybridized carbons (Fsp3) is 0.222. The second kappa shape index (κ2) is 6.74. The van der Waals surface area contributed by atoms with E-state index in [4.69, 9.17) is 9.66 Å². The predicted octanol–water partition coefficient (Wildman–Crippen LogP) is 3.10. The van der Waals surface area contributed by atoms with E-state index in [0.29, 0.717) is 18.3 Å². The first kappa shape index (κ1) is 18.1. The van der Waals surface area contributed by atoms with Gasteiger partial charge in [0.2, 0.25) is 21.7 Å².